The molecule has 0 saturated heterocycles. The second kappa shape index (κ2) is 14.0. The second-order valence-corrected chi connectivity index (χ2v) is 11.5. The van der Waals surface area contributed by atoms with Gasteiger partial charge in [-0.15, -0.1) is 0 Å². The van der Waals surface area contributed by atoms with E-state index in [1.54, 1.807) is 43.3 Å². The van der Waals surface area contributed by atoms with Crippen LogP contribution >= 0.6 is 11.6 Å². The Kier molecular flexibility index (Phi) is 10.8. The molecule has 0 aromatic heterocycles. The zero-order valence-electron chi connectivity index (χ0n) is 22.3. The van der Waals surface area contributed by atoms with E-state index < -0.39 is 16.1 Å². The van der Waals surface area contributed by atoms with E-state index in [-0.39, 0.29) is 37.7 Å². The quantitative estimate of drug-likeness (QED) is 0.330. The van der Waals surface area contributed by atoms with Gasteiger partial charge in [0.2, 0.25) is 21.8 Å². The number of carbonyl (C=O) groups is 2. The first kappa shape index (κ1) is 30.0. The Morgan fingerprint density at radius 3 is 2.31 bits per heavy atom. The fraction of sp³-hybridized carbons (Fsp3) is 0.310. The maximum absolute atomic E-state index is 13.7. The van der Waals surface area contributed by atoms with Crippen LogP contribution in [0.3, 0.4) is 0 Å². The monoisotopic (exact) mass is 571 g/mol. The zero-order chi connectivity index (χ0) is 28.4. The van der Waals surface area contributed by atoms with Crippen molar-refractivity contribution in [2.45, 2.75) is 31.8 Å². The van der Waals surface area contributed by atoms with Gasteiger partial charge >= 0.3 is 0 Å². The molecular weight excluding hydrogens is 538 g/mol. The molecule has 3 aromatic carbocycles. The van der Waals surface area contributed by atoms with Gasteiger partial charge < -0.3 is 15.0 Å². The minimum atomic E-state index is -3.61. The molecule has 0 aliphatic rings. The molecule has 3 aromatic rings. The number of methoxy groups -OCH3 is 1. The van der Waals surface area contributed by atoms with Gasteiger partial charge in [0.25, 0.3) is 0 Å². The molecule has 2 amide bonds. The molecule has 1 N–H and O–H groups in total. The molecule has 1 atom stereocenters. The lowest BCUT2D eigenvalue weighted by molar-refractivity contribution is -0.141. The number of sulfonamides is 1. The zero-order valence-corrected chi connectivity index (χ0v) is 23.9. The van der Waals surface area contributed by atoms with Gasteiger partial charge in [-0.25, -0.2) is 8.42 Å². The Balaban J connectivity index is 1.86. The predicted molar refractivity (Wildman–Crippen MR) is 154 cm³/mol. The standard InChI is InChI=1S/C29H34ClN3O5S/c1-31-29(35)27(19-22-10-5-4-6-11-22)32(21-23-12-7-15-26(18-23)38-2)28(34)16-9-17-33(39(3,36)37)25-14-8-13-24(30)20-25/h4-8,10-15,18,20,27H,9,16-17,19,21H2,1-3H3,(H,31,35)/t27-/m1/s1. The second-order valence-electron chi connectivity index (χ2n) is 9.11. The number of likely N-dealkylation sites (N-methyl/N-ethyl adjacent to an activating group) is 1. The molecule has 8 nitrogen and oxygen atoms in total. The summed E-state index contributed by atoms with van der Waals surface area (Å²) in [7, 11) is -0.499. The van der Waals surface area contributed by atoms with Gasteiger partial charge in [-0.2, -0.15) is 0 Å². The Morgan fingerprint density at radius 2 is 1.67 bits per heavy atom. The van der Waals surface area contributed by atoms with Crippen molar-refractivity contribution in [3.8, 4) is 5.75 Å². The molecule has 0 aliphatic heterocycles. The maximum Gasteiger partial charge on any atom is 0.242 e. The summed E-state index contributed by atoms with van der Waals surface area (Å²) in [5, 5.41) is 3.11. The van der Waals surface area contributed by atoms with E-state index in [9.17, 15) is 18.0 Å². The number of amides is 2. The van der Waals surface area contributed by atoms with E-state index in [0.717, 1.165) is 17.4 Å². The number of anilines is 1. The third-order valence-corrected chi connectivity index (χ3v) is 7.68. The SMILES string of the molecule is CNC(=O)[C@@H](Cc1ccccc1)N(Cc1cccc(OC)c1)C(=O)CCCN(c1cccc(Cl)c1)S(C)(=O)=O. The van der Waals surface area contributed by atoms with Crippen LogP contribution in [-0.2, 0) is 32.6 Å². The van der Waals surface area contributed by atoms with Gasteiger partial charge in [-0.3, -0.25) is 13.9 Å². The van der Waals surface area contributed by atoms with Crippen LogP contribution < -0.4 is 14.4 Å². The van der Waals surface area contributed by atoms with Crippen molar-refractivity contribution in [1.29, 1.82) is 0 Å². The van der Waals surface area contributed by atoms with E-state index >= 15 is 0 Å². The minimum absolute atomic E-state index is 0.0405. The molecule has 0 unspecified atom stereocenters. The third-order valence-electron chi connectivity index (χ3n) is 6.25. The van der Waals surface area contributed by atoms with Gasteiger partial charge in [0.1, 0.15) is 11.8 Å². The minimum Gasteiger partial charge on any atom is -0.497 e. The van der Waals surface area contributed by atoms with E-state index in [2.05, 4.69) is 5.32 Å². The Bertz CT molecular complexity index is 1370. The van der Waals surface area contributed by atoms with Crippen LogP contribution in [0.25, 0.3) is 0 Å². The molecule has 0 fully saturated rings. The highest BCUT2D eigenvalue weighted by Gasteiger charge is 2.30. The van der Waals surface area contributed by atoms with Crippen LogP contribution in [0.5, 0.6) is 5.75 Å². The summed E-state index contributed by atoms with van der Waals surface area (Å²) < 4.78 is 31.6. The average Bonchev–Trinajstić information content (AvgIpc) is 2.92. The fourth-order valence-corrected chi connectivity index (χ4v) is 5.47. The molecule has 0 bridgehead atoms. The maximum atomic E-state index is 13.7. The van der Waals surface area contributed by atoms with E-state index in [0.29, 0.717) is 22.9 Å². The largest absolute Gasteiger partial charge is 0.497 e. The van der Waals surface area contributed by atoms with Gasteiger partial charge in [-0.1, -0.05) is 60.1 Å². The van der Waals surface area contributed by atoms with Crippen molar-refractivity contribution < 1.29 is 22.7 Å². The fourth-order valence-electron chi connectivity index (χ4n) is 4.32. The van der Waals surface area contributed by atoms with Gasteiger partial charge in [-0.05, 0) is 47.9 Å². The van der Waals surface area contributed by atoms with E-state index in [4.69, 9.17) is 16.3 Å². The molecule has 10 heteroatoms. The summed E-state index contributed by atoms with van der Waals surface area (Å²) in [5.41, 5.74) is 2.15. The highest BCUT2D eigenvalue weighted by molar-refractivity contribution is 7.92. The first-order chi connectivity index (χ1) is 18.6. The van der Waals surface area contributed by atoms with Crippen LogP contribution in [0.4, 0.5) is 5.69 Å². The molecular formula is C29H34ClN3O5S. The lowest BCUT2D eigenvalue weighted by atomic mass is 10.0. The number of hydrogen-bond donors (Lipinski definition) is 1. The number of nitrogens with zero attached hydrogens (tertiary/aromatic N) is 2. The number of ether oxygens (including phenoxy) is 1. The van der Waals surface area contributed by atoms with Crippen LogP contribution in [0, 0.1) is 0 Å². The van der Waals surface area contributed by atoms with Crippen molar-refractivity contribution in [3.63, 3.8) is 0 Å². The van der Waals surface area contributed by atoms with E-state index in [1.165, 1.54) is 4.31 Å². The van der Waals surface area contributed by atoms with Crippen LogP contribution in [-0.4, -0.2) is 58.1 Å². The molecule has 0 heterocycles. The lowest BCUT2D eigenvalue weighted by Crippen LogP contribution is -2.49. The number of carbonyl (C=O) groups excluding carboxylic acids is 2. The lowest BCUT2D eigenvalue weighted by Gasteiger charge is -2.31. The molecule has 39 heavy (non-hydrogen) atoms. The predicted octanol–water partition coefficient (Wildman–Crippen LogP) is 4.28. The molecule has 208 valence electrons. The van der Waals surface area contributed by atoms with Gasteiger partial charge in [0.15, 0.2) is 0 Å². The Morgan fingerprint density at radius 1 is 0.974 bits per heavy atom. The molecule has 3 rings (SSSR count). The highest BCUT2D eigenvalue weighted by atomic mass is 35.5. The number of nitrogens with one attached hydrogen (secondary N) is 1. The molecule has 0 saturated carbocycles. The van der Waals surface area contributed by atoms with Crippen molar-refractivity contribution >= 4 is 39.1 Å². The smallest absolute Gasteiger partial charge is 0.242 e. The topological polar surface area (TPSA) is 96.0 Å². The molecule has 0 radical (unpaired) electrons. The van der Waals surface area contributed by atoms with Crippen molar-refractivity contribution in [2.75, 3.05) is 31.3 Å². The van der Waals surface area contributed by atoms with Crippen molar-refractivity contribution in [1.82, 2.24) is 10.2 Å². The van der Waals surface area contributed by atoms with Crippen molar-refractivity contribution in [2.24, 2.45) is 0 Å². The Labute approximate surface area is 235 Å². The summed E-state index contributed by atoms with van der Waals surface area (Å²) >= 11 is 6.08. The third kappa shape index (κ3) is 8.73. The van der Waals surface area contributed by atoms with Gasteiger partial charge in [0.05, 0.1) is 19.1 Å². The van der Waals surface area contributed by atoms with E-state index in [1.807, 2.05) is 54.6 Å². The van der Waals surface area contributed by atoms with Crippen LogP contribution in [0.15, 0.2) is 78.9 Å². The first-order valence-corrected chi connectivity index (χ1v) is 14.8. The summed E-state index contributed by atoms with van der Waals surface area (Å²) in [6.07, 6.45) is 1.73. The molecule has 0 aliphatic carbocycles. The normalized spacial score (nSPS) is 11.9. The van der Waals surface area contributed by atoms with Crippen LogP contribution in [0.2, 0.25) is 5.02 Å². The number of rotatable bonds is 13. The number of benzene rings is 3. The first-order valence-electron chi connectivity index (χ1n) is 12.5. The summed E-state index contributed by atoms with van der Waals surface area (Å²) in [5.74, 6) is 0.0958. The summed E-state index contributed by atoms with van der Waals surface area (Å²) in [4.78, 5) is 28.3. The summed E-state index contributed by atoms with van der Waals surface area (Å²) in [6.45, 7) is 0.270. The van der Waals surface area contributed by atoms with Gasteiger partial charge in [0, 0.05) is 38.0 Å². The summed E-state index contributed by atoms with van der Waals surface area (Å²) in [6, 6.07) is 22.6. The molecule has 0 spiro atoms. The Hall–Kier alpha value is -3.56. The number of halogens is 1. The van der Waals surface area contributed by atoms with Crippen molar-refractivity contribution in [3.05, 3.63) is 95.0 Å². The highest BCUT2D eigenvalue weighted by Crippen LogP contribution is 2.23. The van der Waals surface area contributed by atoms with Crippen LogP contribution in [0.1, 0.15) is 24.0 Å². The average molecular weight is 572 g/mol. The number of hydrogen-bond acceptors (Lipinski definition) is 5.